The van der Waals surface area contributed by atoms with Gasteiger partial charge in [0, 0.05) is 13.1 Å². The van der Waals surface area contributed by atoms with Crippen LogP contribution in [0, 0.1) is 6.92 Å². The molecule has 0 aliphatic rings. The fraction of sp³-hybridized carbons (Fsp3) is 0.455. The lowest BCUT2D eigenvalue weighted by molar-refractivity contribution is 0.580. The van der Waals surface area contributed by atoms with Crippen LogP contribution in [-0.2, 0) is 16.6 Å². The number of benzene rings is 1. The lowest BCUT2D eigenvalue weighted by Crippen LogP contribution is -2.25. The molecule has 90 valence electrons. The molecule has 0 saturated heterocycles. The molecule has 4 nitrogen and oxygen atoms in total. The van der Waals surface area contributed by atoms with E-state index in [1.807, 2.05) is 13.0 Å². The Hall–Kier alpha value is -0.910. The quantitative estimate of drug-likeness (QED) is 0.813. The molecule has 5 heteroatoms. The van der Waals surface area contributed by atoms with E-state index in [4.69, 9.17) is 5.73 Å². The molecule has 1 rings (SSSR count). The molecule has 16 heavy (non-hydrogen) atoms. The third kappa shape index (κ3) is 2.81. The summed E-state index contributed by atoms with van der Waals surface area (Å²) < 4.78 is 26.4. The molecule has 0 heterocycles. The van der Waals surface area contributed by atoms with Crippen LogP contribution in [-0.4, -0.2) is 15.0 Å². The van der Waals surface area contributed by atoms with Crippen LogP contribution in [0.5, 0.6) is 0 Å². The molecular formula is C11H18N2O2S. The Morgan fingerprint density at radius 2 is 2.06 bits per heavy atom. The number of hydrogen-bond acceptors (Lipinski definition) is 3. The zero-order chi connectivity index (χ0) is 12.2. The number of nitrogens with two attached hydrogens (primary N) is 1. The zero-order valence-corrected chi connectivity index (χ0v) is 10.5. The highest BCUT2D eigenvalue weighted by atomic mass is 32.2. The van der Waals surface area contributed by atoms with Gasteiger partial charge in [-0.15, -0.1) is 0 Å². The van der Waals surface area contributed by atoms with E-state index in [1.165, 1.54) is 0 Å². The van der Waals surface area contributed by atoms with Crippen LogP contribution >= 0.6 is 0 Å². The van der Waals surface area contributed by atoms with Crippen molar-refractivity contribution in [3.05, 3.63) is 29.3 Å². The average Bonchev–Trinajstić information content (AvgIpc) is 2.26. The van der Waals surface area contributed by atoms with Gasteiger partial charge >= 0.3 is 0 Å². The van der Waals surface area contributed by atoms with Crippen molar-refractivity contribution >= 4 is 10.0 Å². The van der Waals surface area contributed by atoms with Crippen LogP contribution in [0.15, 0.2) is 23.1 Å². The molecule has 1 aromatic carbocycles. The Morgan fingerprint density at radius 3 is 2.62 bits per heavy atom. The molecule has 0 radical (unpaired) electrons. The van der Waals surface area contributed by atoms with Gasteiger partial charge in [0.1, 0.15) is 0 Å². The van der Waals surface area contributed by atoms with Crippen LogP contribution in [0.3, 0.4) is 0 Å². The summed E-state index contributed by atoms with van der Waals surface area (Å²) in [4.78, 5) is 0.323. The van der Waals surface area contributed by atoms with E-state index >= 15 is 0 Å². The summed E-state index contributed by atoms with van der Waals surface area (Å²) in [5.41, 5.74) is 7.14. The van der Waals surface area contributed by atoms with E-state index in [2.05, 4.69) is 4.72 Å². The monoisotopic (exact) mass is 242 g/mol. The lowest BCUT2D eigenvalue weighted by Gasteiger charge is -2.11. The number of sulfonamides is 1. The van der Waals surface area contributed by atoms with Crippen LogP contribution < -0.4 is 10.5 Å². The van der Waals surface area contributed by atoms with E-state index in [9.17, 15) is 8.42 Å². The highest BCUT2D eigenvalue weighted by molar-refractivity contribution is 7.89. The van der Waals surface area contributed by atoms with E-state index < -0.39 is 10.0 Å². The van der Waals surface area contributed by atoms with Crippen molar-refractivity contribution in [2.75, 3.05) is 6.54 Å². The first kappa shape index (κ1) is 13.2. The van der Waals surface area contributed by atoms with Crippen molar-refractivity contribution in [3.63, 3.8) is 0 Å². The minimum atomic E-state index is -3.39. The summed E-state index contributed by atoms with van der Waals surface area (Å²) in [5.74, 6) is 0. The van der Waals surface area contributed by atoms with Gasteiger partial charge in [-0.1, -0.05) is 19.1 Å². The molecule has 0 saturated carbocycles. The largest absolute Gasteiger partial charge is 0.326 e. The summed E-state index contributed by atoms with van der Waals surface area (Å²) >= 11 is 0. The van der Waals surface area contributed by atoms with Gasteiger partial charge in [-0.3, -0.25) is 0 Å². The first-order valence-electron chi connectivity index (χ1n) is 5.31. The summed E-state index contributed by atoms with van der Waals surface area (Å²) in [6, 6.07) is 5.16. The second-order valence-corrected chi connectivity index (χ2v) is 5.38. The summed E-state index contributed by atoms with van der Waals surface area (Å²) in [6.07, 6.45) is 0.773. The topological polar surface area (TPSA) is 72.2 Å². The van der Waals surface area contributed by atoms with Gasteiger partial charge in [0.05, 0.1) is 4.90 Å². The molecule has 0 spiro atoms. The highest BCUT2D eigenvalue weighted by Gasteiger charge is 2.16. The van der Waals surface area contributed by atoms with Crippen molar-refractivity contribution in [2.24, 2.45) is 5.73 Å². The maximum absolute atomic E-state index is 11.9. The smallest absolute Gasteiger partial charge is 0.240 e. The summed E-state index contributed by atoms with van der Waals surface area (Å²) in [7, 11) is -3.39. The molecular weight excluding hydrogens is 224 g/mol. The van der Waals surface area contributed by atoms with E-state index in [0.717, 1.165) is 17.5 Å². The lowest BCUT2D eigenvalue weighted by atomic mass is 10.1. The highest BCUT2D eigenvalue weighted by Crippen LogP contribution is 2.18. The Kier molecular flexibility index (Phi) is 4.46. The maximum atomic E-state index is 11.9. The second-order valence-electron chi connectivity index (χ2n) is 3.64. The van der Waals surface area contributed by atoms with Crippen molar-refractivity contribution in [1.29, 1.82) is 0 Å². The van der Waals surface area contributed by atoms with E-state index in [-0.39, 0.29) is 0 Å². The van der Waals surface area contributed by atoms with Crippen molar-refractivity contribution in [3.8, 4) is 0 Å². The second kappa shape index (κ2) is 5.43. The maximum Gasteiger partial charge on any atom is 0.240 e. The summed E-state index contributed by atoms with van der Waals surface area (Å²) in [6.45, 7) is 4.51. The minimum absolute atomic E-state index is 0.323. The van der Waals surface area contributed by atoms with Gasteiger partial charge in [-0.05, 0) is 30.5 Å². The Bertz CT molecular complexity index is 455. The normalized spacial score (nSPS) is 11.7. The molecule has 0 amide bonds. The van der Waals surface area contributed by atoms with Gasteiger partial charge in [0.15, 0.2) is 0 Å². The molecule has 0 unspecified atom stereocenters. The third-order valence-electron chi connectivity index (χ3n) is 2.45. The van der Waals surface area contributed by atoms with E-state index in [0.29, 0.717) is 18.0 Å². The van der Waals surface area contributed by atoms with Crippen LogP contribution in [0.25, 0.3) is 0 Å². The van der Waals surface area contributed by atoms with Crippen molar-refractivity contribution < 1.29 is 8.42 Å². The van der Waals surface area contributed by atoms with Gasteiger partial charge < -0.3 is 5.73 Å². The van der Waals surface area contributed by atoms with Crippen molar-refractivity contribution in [2.45, 2.75) is 31.7 Å². The summed E-state index contributed by atoms with van der Waals surface area (Å²) in [5, 5.41) is 0. The van der Waals surface area contributed by atoms with Gasteiger partial charge in [0.25, 0.3) is 0 Å². The first-order valence-corrected chi connectivity index (χ1v) is 6.79. The molecule has 0 aromatic heterocycles. The molecule has 1 aromatic rings. The third-order valence-corrected chi connectivity index (χ3v) is 4.05. The number of rotatable bonds is 5. The van der Waals surface area contributed by atoms with E-state index in [1.54, 1.807) is 19.1 Å². The number of hydrogen-bond donors (Lipinski definition) is 2. The molecule has 0 bridgehead atoms. The van der Waals surface area contributed by atoms with Crippen LogP contribution in [0.1, 0.15) is 24.5 Å². The standard InChI is InChI=1S/C11H18N2O2S/c1-3-7-13-16(14,15)11-6-4-5-10(8-12)9(11)2/h4-6,13H,3,7-8,12H2,1-2H3. The minimum Gasteiger partial charge on any atom is -0.326 e. The van der Waals surface area contributed by atoms with Gasteiger partial charge in [0.2, 0.25) is 10.0 Å². The predicted octanol–water partition coefficient (Wildman–Crippen LogP) is 1.14. The first-order chi connectivity index (χ1) is 7.53. The number of nitrogens with one attached hydrogen (secondary N) is 1. The van der Waals surface area contributed by atoms with Gasteiger partial charge in [-0.2, -0.15) is 0 Å². The van der Waals surface area contributed by atoms with Gasteiger partial charge in [-0.25, -0.2) is 13.1 Å². The fourth-order valence-corrected chi connectivity index (χ4v) is 2.91. The fourth-order valence-electron chi connectivity index (χ4n) is 1.49. The molecule has 0 fully saturated rings. The average molecular weight is 242 g/mol. The SMILES string of the molecule is CCCNS(=O)(=O)c1cccc(CN)c1C. The van der Waals surface area contributed by atoms with Crippen LogP contribution in [0.4, 0.5) is 0 Å². The predicted molar refractivity (Wildman–Crippen MR) is 64.5 cm³/mol. The molecule has 3 N–H and O–H groups in total. The Balaban J connectivity index is 3.13. The molecule has 0 atom stereocenters. The molecule has 0 aliphatic heterocycles. The zero-order valence-electron chi connectivity index (χ0n) is 9.66. The Morgan fingerprint density at radius 1 is 1.38 bits per heavy atom. The Labute approximate surface area is 96.9 Å². The van der Waals surface area contributed by atoms with Crippen molar-refractivity contribution in [1.82, 2.24) is 4.72 Å². The van der Waals surface area contributed by atoms with Crippen LogP contribution in [0.2, 0.25) is 0 Å². The molecule has 0 aliphatic carbocycles.